The topological polar surface area (TPSA) is 0 Å². The second-order valence-corrected chi connectivity index (χ2v) is 5.77. The standard InChI is InChI=1S/C17H18Cl2/c1-12-3-4-14(9-13(12)2)10-16(11-18)15-5-7-17(19)8-6-15/h3-9,16H,10-11H2,1-2H3. The van der Waals surface area contributed by atoms with Gasteiger partial charge in [-0.3, -0.25) is 0 Å². The van der Waals surface area contributed by atoms with Crippen molar-refractivity contribution in [2.24, 2.45) is 0 Å². The lowest BCUT2D eigenvalue weighted by Crippen LogP contribution is -2.05. The van der Waals surface area contributed by atoms with Crippen molar-refractivity contribution in [3.05, 3.63) is 69.7 Å². The first-order valence-electron chi connectivity index (χ1n) is 6.47. The van der Waals surface area contributed by atoms with Gasteiger partial charge in [-0.2, -0.15) is 0 Å². The van der Waals surface area contributed by atoms with Crippen LogP contribution in [0.25, 0.3) is 0 Å². The van der Waals surface area contributed by atoms with Crippen LogP contribution in [0.5, 0.6) is 0 Å². The van der Waals surface area contributed by atoms with Crippen molar-refractivity contribution >= 4 is 23.2 Å². The Morgan fingerprint density at radius 3 is 2.21 bits per heavy atom. The molecule has 0 saturated heterocycles. The fourth-order valence-electron chi connectivity index (χ4n) is 2.21. The highest BCUT2D eigenvalue weighted by Gasteiger charge is 2.11. The van der Waals surface area contributed by atoms with Crippen molar-refractivity contribution < 1.29 is 0 Å². The van der Waals surface area contributed by atoms with Gasteiger partial charge in [0.15, 0.2) is 0 Å². The Morgan fingerprint density at radius 2 is 1.63 bits per heavy atom. The third-order valence-corrected chi connectivity index (χ3v) is 4.21. The third-order valence-electron chi connectivity index (χ3n) is 3.58. The summed E-state index contributed by atoms with van der Waals surface area (Å²) in [7, 11) is 0. The summed E-state index contributed by atoms with van der Waals surface area (Å²) >= 11 is 12.1. The van der Waals surface area contributed by atoms with Crippen LogP contribution in [0.15, 0.2) is 42.5 Å². The molecule has 0 aliphatic rings. The number of benzene rings is 2. The molecule has 0 spiro atoms. The Kier molecular flexibility index (Phi) is 4.90. The monoisotopic (exact) mass is 292 g/mol. The van der Waals surface area contributed by atoms with Crippen LogP contribution in [-0.2, 0) is 6.42 Å². The van der Waals surface area contributed by atoms with Crippen molar-refractivity contribution in [2.45, 2.75) is 26.2 Å². The predicted octanol–water partition coefficient (Wildman–Crippen LogP) is 5.52. The molecule has 0 saturated carbocycles. The fourth-order valence-corrected chi connectivity index (χ4v) is 2.62. The summed E-state index contributed by atoms with van der Waals surface area (Å²) in [6, 6.07) is 14.6. The second kappa shape index (κ2) is 6.45. The van der Waals surface area contributed by atoms with E-state index < -0.39 is 0 Å². The highest BCUT2D eigenvalue weighted by atomic mass is 35.5. The molecule has 19 heavy (non-hydrogen) atoms. The fraction of sp³-hybridized carbons (Fsp3) is 0.294. The Bertz CT molecular complexity index is 544. The quantitative estimate of drug-likeness (QED) is 0.651. The van der Waals surface area contributed by atoms with E-state index in [0.717, 1.165) is 11.4 Å². The summed E-state index contributed by atoms with van der Waals surface area (Å²) in [5.41, 5.74) is 5.25. The first-order chi connectivity index (χ1) is 9.10. The maximum absolute atomic E-state index is 6.13. The van der Waals surface area contributed by atoms with Crippen LogP contribution in [-0.4, -0.2) is 5.88 Å². The molecular weight excluding hydrogens is 275 g/mol. The molecule has 2 heteroatoms. The van der Waals surface area contributed by atoms with Crippen LogP contribution in [0, 0.1) is 13.8 Å². The van der Waals surface area contributed by atoms with Gasteiger partial charge in [0.2, 0.25) is 0 Å². The molecule has 0 aliphatic heterocycles. The van der Waals surface area contributed by atoms with Crippen LogP contribution >= 0.6 is 23.2 Å². The molecule has 0 N–H and O–H groups in total. The van der Waals surface area contributed by atoms with Crippen LogP contribution in [0.1, 0.15) is 28.2 Å². The zero-order valence-corrected chi connectivity index (χ0v) is 12.8. The van der Waals surface area contributed by atoms with Crippen LogP contribution in [0.2, 0.25) is 5.02 Å². The highest BCUT2D eigenvalue weighted by Crippen LogP contribution is 2.24. The molecule has 1 atom stereocenters. The van der Waals surface area contributed by atoms with E-state index in [1.165, 1.54) is 22.3 Å². The molecule has 0 nitrogen and oxygen atoms in total. The summed E-state index contributed by atoms with van der Waals surface area (Å²) in [6.07, 6.45) is 0.965. The zero-order chi connectivity index (χ0) is 13.8. The van der Waals surface area contributed by atoms with Crippen LogP contribution in [0.4, 0.5) is 0 Å². The van der Waals surface area contributed by atoms with Gasteiger partial charge in [-0.05, 0) is 54.7 Å². The van der Waals surface area contributed by atoms with Crippen molar-refractivity contribution in [3.63, 3.8) is 0 Å². The van der Waals surface area contributed by atoms with Gasteiger partial charge in [0.25, 0.3) is 0 Å². The van der Waals surface area contributed by atoms with E-state index in [2.05, 4.69) is 44.2 Å². The molecule has 0 aromatic heterocycles. The molecule has 0 fully saturated rings. The van der Waals surface area contributed by atoms with Gasteiger partial charge in [-0.1, -0.05) is 41.9 Å². The van der Waals surface area contributed by atoms with Gasteiger partial charge < -0.3 is 0 Å². The first kappa shape index (κ1) is 14.4. The Morgan fingerprint density at radius 1 is 0.947 bits per heavy atom. The predicted molar refractivity (Wildman–Crippen MR) is 84.5 cm³/mol. The lowest BCUT2D eigenvalue weighted by molar-refractivity contribution is 0.765. The first-order valence-corrected chi connectivity index (χ1v) is 7.39. The number of rotatable bonds is 4. The van der Waals surface area contributed by atoms with Crippen molar-refractivity contribution in [2.75, 3.05) is 5.88 Å². The molecule has 2 rings (SSSR count). The van der Waals surface area contributed by atoms with E-state index in [0.29, 0.717) is 11.8 Å². The average Bonchev–Trinajstić information content (AvgIpc) is 2.41. The minimum Gasteiger partial charge on any atom is -0.126 e. The van der Waals surface area contributed by atoms with E-state index in [9.17, 15) is 0 Å². The Balaban J connectivity index is 2.18. The summed E-state index contributed by atoms with van der Waals surface area (Å²) in [4.78, 5) is 0. The number of hydrogen-bond acceptors (Lipinski definition) is 0. The maximum atomic E-state index is 6.13. The summed E-state index contributed by atoms with van der Waals surface area (Å²) in [5.74, 6) is 0.954. The van der Waals surface area contributed by atoms with E-state index in [1.807, 2.05) is 12.1 Å². The smallest absolute Gasteiger partial charge is 0.0406 e. The molecule has 2 aromatic rings. The van der Waals surface area contributed by atoms with Gasteiger partial charge in [0.1, 0.15) is 0 Å². The molecule has 2 aromatic carbocycles. The number of halogens is 2. The Labute approximate surface area is 125 Å². The van der Waals surface area contributed by atoms with E-state index in [4.69, 9.17) is 23.2 Å². The van der Waals surface area contributed by atoms with Gasteiger partial charge in [0, 0.05) is 16.8 Å². The van der Waals surface area contributed by atoms with Gasteiger partial charge in [0.05, 0.1) is 0 Å². The van der Waals surface area contributed by atoms with Crippen LogP contribution < -0.4 is 0 Å². The average molecular weight is 293 g/mol. The van der Waals surface area contributed by atoms with E-state index in [-0.39, 0.29) is 0 Å². The number of aryl methyl sites for hydroxylation is 2. The zero-order valence-electron chi connectivity index (χ0n) is 11.3. The van der Waals surface area contributed by atoms with Crippen molar-refractivity contribution in [3.8, 4) is 0 Å². The minimum absolute atomic E-state index is 0.334. The normalized spacial score (nSPS) is 12.4. The molecule has 0 radical (unpaired) electrons. The molecule has 100 valence electrons. The minimum atomic E-state index is 0.334. The molecule has 0 bridgehead atoms. The van der Waals surface area contributed by atoms with Gasteiger partial charge in [-0.15, -0.1) is 11.6 Å². The van der Waals surface area contributed by atoms with Gasteiger partial charge in [-0.25, -0.2) is 0 Å². The third kappa shape index (κ3) is 3.75. The largest absolute Gasteiger partial charge is 0.126 e. The summed E-state index contributed by atoms with van der Waals surface area (Å²) < 4.78 is 0. The maximum Gasteiger partial charge on any atom is 0.0406 e. The van der Waals surface area contributed by atoms with Crippen molar-refractivity contribution in [1.29, 1.82) is 0 Å². The summed E-state index contributed by atoms with van der Waals surface area (Å²) in [5, 5.41) is 0.767. The second-order valence-electron chi connectivity index (χ2n) is 5.03. The van der Waals surface area contributed by atoms with E-state index >= 15 is 0 Å². The lowest BCUT2D eigenvalue weighted by Gasteiger charge is -2.15. The van der Waals surface area contributed by atoms with Gasteiger partial charge >= 0.3 is 0 Å². The Hall–Kier alpha value is -0.980. The lowest BCUT2D eigenvalue weighted by atomic mass is 9.92. The number of alkyl halides is 1. The molecule has 1 unspecified atom stereocenters. The molecule has 0 amide bonds. The van der Waals surface area contributed by atoms with Crippen molar-refractivity contribution in [1.82, 2.24) is 0 Å². The van der Waals surface area contributed by atoms with E-state index in [1.54, 1.807) is 0 Å². The number of hydrogen-bond donors (Lipinski definition) is 0. The molecular formula is C17H18Cl2. The van der Waals surface area contributed by atoms with Crippen LogP contribution in [0.3, 0.4) is 0 Å². The SMILES string of the molecule is Cc1ccc(CC(CCl)c2ccc(Cl)cc2)cc1C. The molecule has 0 aliphatic carbocycles. The highest BCUT2D eigenvalue weighted by molar-refractivity contribution is 6.30. The molecule has 0 heterocycles. The summed E-state index contributed by atoms with van der Waals surface area (Å²) in [6.45, 7) is 4.29.